The van der Waals surface area contributed by atoms with E-state index >= 15 is 0 Å². The summed E-state index contributed by atoms with van der Waals surface area (Å²) in [4.78, 5) is 19.3. The Balaban J connectivity index is 1.86. The third kappa shape index (κ3) is 3.45. The van der Waals surface area contributed by atoms with Crippen molar-refractivity contribution in [2.24, 2.45) is 0 Å². The van der Waals surface area contributed by atoms with Gasteiger partial charge in [0.05, 0.1) is 19.3 Å². The number of aromatic nitrogens is 2. The van der Waals surface area contributed by atoms with Gasteiger partial charge in [0.2, 0.25) is 5.58 Å². The molecule has 0 saturated carbocycles. The van der Waals surface area contributed by atoms with Crippen LogP contribution in [0.25, 0.3) is 22.1 Å². The molecule has 0 amide bonds. The van der Waals surface area contributed by atoms with E-state index in [2.05, 4.69) is 31.2 Å². The summed E-state index contributed by atoms with van der Waals surface area (Å²) in [6.07, 6.45) is -0.322. The van der Waals surface area contributed by atoms with Crippen LogP contribution in [0, 0.1) is 0 Å². The lowest BCUT2D eigenvalue weighted by atomic mass is 10.2. The first-order valence-electron chi connectivity index (χ1n) is 7.19. The Morgan fingerprint density at radius 1 is 1.43 bits per heavy atom. The topological polar surface area (TPSA) is 111 Å². The predicted octanol–water partition coefficient (Wildman–Crippen LogP) is 1.26. The second kappa shape index (κ2) is 6.79. The number of rotatable bonds is 6. The largest absolute Gasteiger partial charge is 0.449 e. The molecule has 4 N–H and O–H groups in total. The molecule has 0 aliphatic heterocycles. The van der Waals surface area contributed by atoms with Crippen LogP contribution in [0.3, 0.4) is 0 Å². The van der Waals surface area contributed by atoms with Crippen LogP contribution in [-0.4, -0.2) is 39.4 Å². The lowest BCUT2D eigenvalue weighted by molar-refractivity contribution is 0.0882. The van der Waals surface area contributed by atoms with Gasteiger partial charge in [-0.2, -0.15) is 0 Å². The van der Waals surface area contributed by atoms with Crippen LogP contribution in [0.2, 0.25) is 0 Å². The number of hydrogen-bond acceptors (Lipinski definition) is 6. The maximum absolute atomic E-state index is 12.1. The zero-order valence-electron chi connectivity index (χ0n) is 12.2. The van der Waals surface area contributed by atoms with Gasteiger partial charge < -0.3 is 24.9 Å². The molecular formula is C15H16BrN3O4. The van der Waals surface area contributed by atoms with Crippen molar-refractivity contribution in [1.82, 2.24) is 15.3 Å². The van der Waals surface area contributed by atoms with E-state index in [0.29, 0.717) is 36.4 Å². The molecule has 0 bridgehead atoms. The number of aliphatic hydroxyl groups is 2. The number of nitrogens with one attached hydrogen (secondary N) is 2. The number of furan rings is 1. The van der Waals surface area contributed by atoms with Gasteiger partial charge in [0, 0.05) is 9.86 Å². The van der Waals surface area contributed by atoms with Gasteiger partial charge in [-0.15, -0.1) is 0 Å². The fourth-order valence-corrected chi connectivity index (χ4v) is 2.68. The summed E-state index contributed by atoms with van der Waals surface area (Å²) in [5.41, 5.74) is 1.02. The zero-order chi connectivity index (χ0) is 16.4. The minimum atomic E-state index is -0.743. The van der Waals surface area contributed by atoms with E-state index in [1.807, 2.05) is 12.1 Å². The predicted molar refractivity (Wildman–Crippen MR) is 89.3 cm³/mol. The highest BCUT2D eigenvalue weighted by molar-refractivity contribution is 9.10. The fourth-order valence-electron chi connectivity index (χ4n) is 2.32. The molecule has 1 aromatic carbocycles. The number of halogens is 1. The van der Waals surface area contributed by atoms with Gasteiger partial charge in [-0.1, -0.05) is 15.9 Å². The second-order valence-corrected chi connectivity index (χ2v) is 6.15. The number of H-pyrrole nitrogens is 1. The van der Waals surface area contributed by atoms with E-state index in [4.69, 9.17) is 9.52 Å². The summed E-state index contributed by atoms with van der Waals surface area (Å²) >= 11 is 3.40. The number of aliphatic hydroxyl groups excluding tert-OH is 2. The monoisotopic (exact) mass is 381 g/mol. The van der Waals surface area contributed by atoms with Gasteiger partial charge in [0.25, 0.3) is 5.56 Å². The van der Waals surface area contributed by atoms with Gasteiger partial charge in [0.15, 0.2) is 0 Å². The van der Waals surface area contributed by atoms with Crippen LogP contribution in [0.1, 0.15) is 12.2 Å². The molecule has 8 heteroatoms. The smallest absolute Gasteiger partial charge is 0.294 e. The normalized spacial score (nSPS) is 13.0. The van der Waals surface area contributed by atoms with Crippen molar-refractivity contribution in [3.8, 4) is 0 Å². The molecule has 23 heavy (non-hydrogen) atoms. The molecule has 0 radical (unpaired) electrons. The van der Waals surface area contributed by atoms with Crippen molar-refractivity contribution < 1.29 is 14.6 Å². The third-order valence-corrected chi connectivity index (χ3v) is 3.99. The van der Waals surface area contributed by atoms with Crippen LogP contribution in [0.15, 0.2) is 31.9 Å². The number of benzene rings is 1. The van der Waals surface area contributed by atoms with Gasteiger partial charge in [0.1, 0.15) is 16.9 Å². The highest BCUT2D eigenvalue weighted by Gasteiger charge is 2.13. The summed E-state index contributed by atoms with van der Waals surface area (Å²) in [7, 11) is 0. The molecule has 0 aliphatic rings. The highest BCUT2D eigenvalue weighted by Crippen LogP contribution is 2.27. The molecule has 1 unspecified atom stereocenters. The molecule has 0 spiro atoms. The molecule has 1 atom stereocenters. The number of aromatic amines is 1. The van der Waals surface area contributed by atoms with E-state index in [0.717, 1.165) is 9.86 Å². The van der Waals surface area contributed by atoms with E-state index in [9.17, 15) is 9.90 Å². The number of nitrogens with zero attached hydrogens (tertiary/aromatic N) is 1. The van der Waals surface area contributed by atoms with Gasteiger partial charge in [-0.05, 0) is 31.2 Å². The van der Waals surface area contributed by atoms with E-state index < -0.39 is 6.10 Å². The highest BCUT2D eigenvalue weighted by atomic mass is 79.9. The Hall–Kier alpha value is -1.74. The molecule has 2 heterocycles. The molecule has 2 aromatic heterocycles. The maximum atomic E-state index is 12.1. The fraction of sp³-hybridized carbons (Fsp3) is 0.333. The summed E-state index contributed by atoms with van der Waals surface area (Å²) in [6.45, 7) is 0.587. The van der Waals surface area contributed by atoms with Crippen molar-refractivity contribution in [2.45, 2.75) is 19.1 Å². The lowest BCUT2D eigenvalue weighted by Crippen LogP contribution is -2.24. The van der Waals surface area contributed by atoms with Crippen LogP contribution in [0.4, 0.5) is 0 Å². The Morgan fingerprint density at radius 2 is 2.26 bits per heavy atom. The maximum Gasteiger partial charge on any atom is 0.294 e. The standard InChI is InChI=1S/C15H16BrN3O4/c16-8-1-2-11-10(5-8)13-14(23-11)15(22)19-12(18-13)6-17-4-3-9(21)7-20/h1-2,5,9,17,20-21H,3-4,6-7H2,(H,18,19,22). The van der Waals surface area contributed by atoms with Crippen molar-refractivity contribution in [3.63, 3.8) is 0 Å². The van der Waals surface area contributed by atoms with Crippen molar-refractivity contribution in [2.75, 3.05) is 13.2 Å². The second-order valence-electron chi connectivity index (χ2n) is 5.23. The molecule has 0 fully saturated rings. The number of fused-ring (bicyclic) bond motifs is 3. The lowest BCUT2D eigenvalue weighted by Gasteiger charge is -2.07. The Labute approximate surface area is 139 Å². The van der Waals surface area contributed by atoms with E-state index in [1.165, 1.54) is 0 Å². The minimum Gasteiger partial charge on any atom is -0.449 e. The summed E-state index contributed by atoms with van der Waals surface area (Å²) in [6, 6.07) is 5.49. The van der Waals surface area contributed by atoms with Crippen LogP contribution in [0.5, 0.6) is 0 Å². The zero-order valence-corrected chi connectivity index (χ0v) is 13.8. The van der Waals surface area contributed by atoms with Crippen LogP contribution in [-0.2, 0) is 6.54 Å². The van der Waals surface area contributed by atoms with Crippen molar-refractivity contribution in [1.29, 1.82) is 0 Å². The first-order chi connectivity index (χ1) is 11.1. The van der Waals surface area contributed by atoms with E-state index in [-0.39, 0.29) is 17.7 Å². The van der Waals surface area contributed by atoms with Crippen LogP contribution >= 0.6 is 15.9 Å². The quantitative estimate of drug-likeness (QED) is 0.478. The van der Waals surface area contributed by atoms with E-state index in [1.54, 1.807) is 6.07 Å². The van der Waals surface area contributed by atoms with Crippen molar-refractivity contribution in [3.05, 3.63) is 38.9 Å². The average Bonchev–Trinajstić information content (AvgIpc) is 2.90. The van der Waals surface area contributed by atoms with Crippen LogP contribution < -0.4 is 10.9 Å². The van der Waals surface area contributed by atoms with Crippen molar-refractivity contribution >= 4 is 38.0 Å². The Kier molecular flexibility index (Phi) is 4.76. The molecule has 7 nitrogen and oxygen atoms in total. The van der Waals surface area contributed by atoms with Gasteiger partial charge in [-0.25, -0.2) is 4.98 Å². The third-order valence-electron chi connectivity index (χ3n) is 3.49. The molecule has 3 rings (SSSR count). The van der Waals surface area contributed by atoms with Gasteiger partial charge >= 0.3 is 0 Å². The van der Waals surface area contributed by atoms with Gasteiger partial charge in [-0.3, -0.25) is 4.79 Å². The summed E-state index contributed by atoms with van der Waals surface area (Å²) < 4.78 is 6.44. The molecular weight excluding hydrogens is 366 g/mol. The SMILES string of the molecule is O=c1[nH]c(CNCCC(O)CO)nc2c1oc1ccc(Br)cc12. The molecule has 122 valence electrons. The summed E-state index contributed by atoms with van der Waals surface area (Å²) in [5.74, 6) is 0.490. The molecule has 3 aromatic rings. The first-order valence-corrected chi connectivity index (χ1v) is 7.98. The molecule has 0 saturated heterocycles. The minimum absolute atomic E-state index is 0.206. The Bertz CT molecular complexity index is 889. The Morgan fingerprint density at radius 3 is 3.04 bits per heavy atom. The summed E-state index contributed by atoms with van der Waals surface area (Å²) in [5, 5.41) is 21.9. The average molecular weight is 382 g/mol. The number of hydrogen-bond donors (Lipinski definition) is 4. The molecule has 0 aliphatic carbocycles. The first kappa shape index (κ1) is 16.1.